The van der Waals surface area contributed by atoms with Gasteiger partial charge in [0.25, 0.3) is 0 Å². The van der Waals surface area contributed by atoms with Crippen molar-refractivity contribution in [3.63, 3.8) is 0 Å². The van der Waals surface area contributed by atoms with Gasteiger partial charge in [0.1, 0.15) is 0 Å². The second kappa shape index (κ2) is 11.7. The molecule has 0 spiro atoms. The van der Waals surface area contributed by atoms with Crippen molar-refractivity contribution in [2.75, 3.05) is 4.90 Å². The summed E-state index contributed by atoms with van der Waals surface area (Å²) in [6.45, 7) is 0. The normalized spacial score (nSPS) is 11.6. The van der Waals surface area contributed by atoms with E-state index in [4.69, 9.17) is 0 Å². The summed E-state index contributed by atoms with van der Waals surface area (Å²) in [6.07, 6.45) is 0. The molecule has 0 aliphatic heterocycles. The van der Waals surface area contributed by atoms with E-state index in [2.05, 4.69) is 193 Å². The molecule has 0 radical (unpaired) electrons. The van der Waals surface area contributed by atoms with Crippen LogP contribution in [0.15, 0.2) is 188 Å². The lowest BCUT2D eigenvalue weighted by Gasteiger charge is -2.28. The number of nitrogens with zero attached hydrogens (tertiary/aromatic N) is 1. The first-order chi connectivity index (χ1) is 24.8. The van der Waals surface area contributed by atoms with Crippen LogP contribution in [0.1, 0.15) is 0 Å². The number of fused-ring (bicyclic) bond motifs is 7. The van der Waals surface area contributed by atoms with Crippen LogP contribution in [0, 0.1) is 0 Å². The zero-order valence-electron chi connectivity index (χ0n) is 27.3. The molecule has 0 aliphatic carbocycles. The van der Waals surface area contributed by atoms with Crippen molar-refractivity contribution in [1.82, 2.24) is 0 Å². The van der Waals surface area contributed by atoms with E-state index in [1.165, 1.54) is 74.7 Å². The highest BCUT2D eigenvalue weighted by Crippen LogP contribution is 2.47. The first-order valence-corrected chi connectivity index (χ1v) is 17.9. The third-order valence-corrected chi connectivity index (χ3v) is 11.2. The van der Waals surface area contributed by atoms with Gasteiger partial charge in [-0.05, 0) is 80.0 Å². The number of hydrogen-bond donors (Lipinski definition) is 0. The fraction of sp³-hybridized carbons (Fsp3) is 0. The summed E-state index contributed by atoms with van der Waals surface area (Å²) in [5.41, 5.74) is 8.38. The van der Waals surface area contributed by atoms with Gasteiger partial charge in [0.05, 0.1) is 5.69 Å². The Bertz CT molecular complexity index is 2880. The van der Waals surface area contributed by atoms with Gasteiger partial charge in [-0.3, -0.25) is 0 Å². The molecule has 234 valence electrons. The van der Waals surface area contributed by atoms with Crippen LogP contribution in [0.3, 0.4) is 0 Å². The monoisotopic (exact) mass is 653 g/mol. The average molecular weight is 654 g/mol. The molecular formula is C48H31NS. The van der Waals surface area contributed by atoms with E-state index in [0.717, 1.165) is 17.1 Å². The predicted molar refractivity (Wildman–Crippen MR) is 217 cm³/mol. The molecular weight excluding hydrogens is 623 g/mol. The van der Waals surface area contributed by atoms with Crippen molar-refractivity contribution >= 4 is 80.9 Å². The van der Waals surface area contributed by atoms with E-state index in [1.807, 2.05) is 11.3 Å². The maximum absolute atomic E-state index is 2.43. The van der Waals surface area contributed by atoms with Gasteiger partial charge in [-0.15, -0.1) is 11.3 Å². The highest BCUT2D eigenvalue weighted by atomic mass is 32.1. The molecule has 0 amide bonds. The number of anilines is 3. The van der Waals surface area contributed by atoms with Gasteiger partial charge in [-0.1, -0.05) is 152 Å². The molecule has 0 saturated heterocycles. The van der Waals surface area contributed by atoms with Gasteiger partial charge < -0.3 is 4.90 Å². The molecule has 0 atom stereocenters. The van der Waals surface area contributed by atoms with Gasteiger partial charge in [-0.25, -0.2) is 0 Å². The minimum absolute atomic E-state index is 1.14. The lowest BCUT2D eigenvalue weighted by atomic mass is 9.92. The second-order valence-electron chi connectivity index (χ2n) is 12.9. The minimum Gasteiger partial charge on any atom is -0.310 e. The molecule has 50 heavy (non-hydrogen) atoms. The van der Waals surface area contributed by atoms with Crippen molar-refractivity contribution in [1.29, 1.82) is 0 Å². The number of benzene rings is 9. The van der Waals surface area contributed by atoms with Crippen LogP contribution in [0.4, 0.5) is 17.1 Å². The van der Waals surface area contributed by atoms with Crippen molar-refractivity contribution in [2.24, 2.45) is 0 Å². The molecule has 0 aliphatic rings. The van der Waals surface area contributed by atoms with E-state index in [-0.39, 0.29) is 0 Å². The maximum atomic E-state index is 2.43. The van der Waals surface area contributed by atoms with Crippen LogP contribution >= 0.6 is 11.3 Å². The van der Waals surface area contributed by atoms with Gasteiger partial charge >= 0.3 is 0 Å². The standard InChI is InChI=1S/C48H31NS/c1-2-14-34(15-3-1)39-20-10-11-24-46(39)49(36-26-25-32-13-4-5-17-35(32)29-36)37-27-28-42-45-31-44(40-23-12-18-33-16-6-7-19-38(33)40)41-21-8-9-22-43(41)48(45)50-47(42)30-37/h1-31H. The van der Waals surface area contributed by atoms with Crippen molar-refractivity contribution in [2.45, 2.75) is 0 Å². The summed E-state index contributed by atoms with van der Waals surface area (Å²) in [5, 5.41) is 10.2. The lowest BCUT2D eigenvalue weighted by Crippen LogP contribution is -2.11. The average Bonchev–Trinajstić information content (AvgIpc) is 3.56. The van der Waals surface area contributed by atoms with E-state index in [9.17, 15) is 0 Å². The van der Waals surface area contributed by atoms with Crippen LogP contribution < -0.4 is 4.90 Å². The summed E-state index contributed by atoms with van der Waals surface area (Å²) in [4.78, 5) is 2.43. The molecule has 0 unspecified atom stereocenters. The Hall–Kier alpha value is -6.22. The highest BCUT2D eigenvalue weighted by molar-refractivity contribution is 7.26. The summed E-state index contributed by atoms with van der Waals surface area (Å²) < 4.78 is 2.61. The zero-order chi connectivity index (χ0) is 33.0. The second-order valence-corrected chi connectivity index (χ2v) is 14.0. The molecule has 10 rings (SSSR count). The first-order valence-electron chi connectivity index (χ1n) is 17.1. The summed E-state index contributed by atoms with van der Waals surface area (Å²) in [7, 11) is 0. The molecule has 0 bridgehead atoms. The lowest BCUT2D eigenvalue weighted by molar-refractivity contribution is 1.30. The van der Waals surface area contributed by atoms with Crippen LogP contribution in [-0.2, 0) is 0 Å². The molecule has 1 heterocycles. The number of thiophene rings is 1. The van der Waals surface area contributed by atoms with E-state index in [0.29, 0.717) is 0 Å². The quantitative estimate of drug-likeness (QED) is 0.179. The number of para-hydroxylation sites is 1. The van der Waals surface area contributed by atoms with Gasteiger partial charge in [0.15, 0.2) is 0 Å². The highest BCUT2D eigenvalue weighted by Gasteiger charge is 2.20. The minimum atomic E-state index is 1.14. The predicted octanol–water partition coefficient (Wildman–Crippen LogP) is 14.3. The van der Waals surface area contributed by atoms with Crippen molar-refractivity contribution in [3.05, 3.63) is 188 Å². The van der Waals surface area contributed by atoms with Gasteiger partial charge in [-0.2, -0.15) is 0 Å². The third-order valence-electron chi connectivity index (χ3n) is 10.0. The third kappa shape index (κ3) is 4.69. The van der Waals surface area contributed by atoms with Crippen LogP contribution in [0.25, 0.3) is 74.7 Å². The largest absolute Gasteiger partial charge is 0.310 e. The van der Waals surface area contributed by atoms with E-state index >= 15 is 0 Å². The van der Waals surface area contributed by atoms with Crippen LogP contribution in [0.5, 0.6) is 0 Å². The maximum Gasteiger partial charge on any atom is 0.0540 e. The van der Waals surface area contributed by atoms with E-state index < -0.39 is 0 Å². The van der Waals surface area contributed by atoms with Crippen LogP contribution in [0.2, 0.25) is 0 Å². The SMILES string of the molecule is c1ccc(-c2ccccc2N(c2ccc3ccccc3c2)c2ccc3c(c2)sc2c4ccccc4c(-c4cccc5ccccc45)cc32)cc1. The molecule has 0 fully saturated rings. The Morgan fingerprint density at radius 1 is 0.340 bits per heavy atom. The molecule has 1 nitrogen and oxygen atoms in total. The van der Waals surface area contributed by atoms with Crippen LogP contribution in [-0.4, -0.2) is 0 Å². The molecule has 2 heteroatoms. The number of hydrogen-bond acceptors (Lipinski definition) is 2. The van der Waals surface area contributed by atoms with Crippen molar-refractivity contribution in [3.8, 4) is 22.3 Å². The Morgan fingerprint density at radius 2 is 0.980 bits per heavy atom. The summed E-state index contributed by atoms with van der Waals surface area (Å²) in [5.74, 6) is 0. The molecule has 9 aromatic carbocycles. The van der Waals surface area contributed by atoms with Gasteiger partial charge in [0.2, 0.25) is 0 Å². The van der Waals surface area contributed by atoms with Gasteiger partial charge in [0, 0.05) is 42.5 Å². The molecule has 0 N–H and O–H groups in total. The Kier molecular flexibility index (Phi) is 6.75. The Labute approximate surface area is 294 Å². The van der Waals surface area contributed by atoms with Crippen molar-refractivity contribution < 1.29 is 0 Å². The fourth-order valence-corrected chi connectivity index (χ4v) is 8.94. The Balaban J connectivity index is 1.22. The van der Waals surface area contributed by atoms with E-state index in [1.54, 1.807) is 0 Å². The smallest absolute Gasteiger partial charge is 0.0540 e. The molecule has 10 aromatic rings. The zero-order valence-corrected chi connectivity index (χ0v) is 28.1. The molecule has 1 aromatic heterocycles. The first kappa shape index (κ1) is 28.8. The molecule has 0 saturated carbocycles. The summed E-state index contributed by atoms with van der Waals surface area (Å²) >= 11 is 1.90. The topological polar surface area (TPSA) is 3.24 Å². The Morgan fingerprint density at radius 3 is 1.86 bits per heavy atom. The summed E-state index contributed by atoms with van der Waals surface area (Å²) in [6, 6.07) is 68.7. The number of rotatable bonds is 5. The fourth-order valence-electron chi connectivity index (χ4n) is 7.68.